The fourth-order valence-corrected chi connectivity index (χ4v) is 4.24. The van der Waals surface area contributed by atoms with Crippen LogP contribution in [0.15, 0.2) is 30.3 Å². The Labute approximate surface area is 180 Å². The number of amides is 3. The first-order chi connectivity index (χ1) is 14.2. The number of ether oxygens (including phenoxy) is 1. The highest BCUT2D eigenvalue weighted by atomic mass is 35.5. The van der Waals surface area contributed by atoms with Crippen molar-refractivity contribution in [2.45, 2.75) is 39.3 Å². The van der Waals surface area contributed by atoms with Crippen LogP contribution in [-0.4, -0.2) is 47.4 Å². The first-order valence-electron chi connectivity index (χ1n) is 9.78. The lowest BCUT2D eigenvalue weighted by Crippen LogP contribution is -2.41. The third-order valence-corrected chi connectivity index (χ3v) is 5.92. The number of aromatic nitrogens is 1. The van der Waals surface area contributed by atoms with Crippen LogP contribution >= 0.6 is 11.6 Å². The minimum atomic E-state index is -1.31. The molecule has 0 spiro atoms. The summed E-state index contributed by atoms with van der Waals surface area (Å²) in [6, 6.07) is 8.05. The second kappa shape index (κ2) is 8.62. The van der Waals surface area contributed by atoms with Crippen molar-refractivity contribution in [1.82, 2.24) is 14.8 Å². The van der Waals surface area contributed by atoms with Gasteiger partial charge in [0.2, 0.25) is 0 Å². The summed E-state index contributed by atoms with van der Waals surface area (Å²) in [5, 5.41) is 3.07. The molecule has 1 aliphatic heterocycles. The summed E-state index contributed by atoms with van der Waals surface area (Å²) in [4.78, 5) is 39.6. The molecule has 7 nitrogen and oxygen atoms in total. The molecule has 160 valence electrons. The van der Waals surface area contributed by atoms with E-state index in [1.54, 1.807) is 44.4 Å². The van der Waals surface area contributed by atoms with Gasteiger partial charge in [-0.25, -0.2) is 4.79 Å². The molecule has 1 atom stereocenters. The topological polar surface area (TPSA) is 80.6 Å². The van der Waals surface area contributed by atoms with Crippen LogP contribution in [0.2, 0.25) is 5.02 Å². The summed E-state index contributed by atoms with van der Waals surface area (Å²) in [5.74, 6) is -0.782. The standard InChI is InChI=1S/C22H26ClN3O4/c1-14-12-16(15(2)25(14)10-7-11-30-4)19(27)13-26-20(28)22(3,24-21(26)29)17-8-5-6-9-18(17)23/h5-6,8-9,12H,7,10-11,13H2,1-4H3,(H,24,29). The second-order valence-corrected chi connectivity index (χ2v) is 8.04. The Balaban J connectivity index is 1.81. The number of hydrogen-bond acceptors (Lipinski definition) is 4. The van der Waals surface area contributed by atoms with Crippen molar-refractivity contribution >= 4 is 29.3 Å². The molecule has 3 rings (SSSR count). The number of hydrogen-bond donors (Lipinski definition) is 1. The molecule has 0 aliphatic carbocycles. The number of Topliss-reactive ketones (excluding diaryl/α,β-unsaturated/α-hetero) is 1. The molecule has 1 saturated heterocycles. The molecule has 1 aromatic carbocycles. The zero-order valence-corrected chi connectivity index (χ0v) is 18.4. The van der Waals surface area contributed by atoms with Crippen LogP contribution in [0, 0.1) is 13.8 Å². The third kappa shape index (κ3) is 3.87. The normalized spacial score (nSPS) is 18.8. The number of methoxy groups -OCH3 is 1. The van der Waals surface area contributed by atoms with Gasteiger partial charge in [0.1, 0.15) is 5.54 Å². The first-order valence-corrected chi connectivity index (χ1v) is 10.2. The molecule has 8 heteroatoms. The van der Waals surface area contributed by atoms with E-state index in [4.69, 9.17) is 16.3 Å². The molecular weight excluding hydrogens is 406 g/mol. The van der Waals surface area contributed by atoms with Gasteiger partial charge in [-0.3, -0.25) is 14.5 Å². The molecule has 1 aliphatic rings. The van der Waals surface area contributed by atoms with E-state index < -0.39 is 17.5 Å². The minimum absolute atomic E-state index is 0.284. The Morgan fingerprint density at radius 1 is 1.23 bits per heavy atom. The lowest BCUT2D eigenvalue weighted by molar-refractivity contribution is -0.130. The Hall–Kier alpha value is -2.64. The highest BCUT2D eigenvalue weighted by Crippen LogP contribution is 2.33. The van der Waals surface area contributed by atoms with Gasteiger partial charge < -0.3 is 14.6 Å². The third-order valence-electron chi connectivity index (χ3n) is 5.59. The van der Waals surface area contributed by atoms with Crippen LogP contribution in [0.25, 0.3) is 0 Å². The van der Waals surface area contributed by atoms with E-state index in [9.17, 15) is 14.4 Å². The van der Waals surface area contributed by atoms with E-state index in [0.29, 0.717) is 22.8 Å². The number of aryl methyl sites for hydroxylation is 1. The number of imide groups is 1. The van der Waals surface area contributed by atoms with Crippen LogP contribution in [0.4, 0.5) is 4.79 Å². The fraction of sp³-hybridized carbons (Fsp3) is 0.409. The lowest BCUT2D eigenvalue weighted by atomic mass is 9.92. The number of nitrogens with zero attached hydrogens (tertiary/aromatic N) is 2. The number of carbonyl (C=O) groups is 3. The molecule has 0 saturated carbocycles. The molecule has 1 fully saturated rings. The van der Waals surface area contributed by atoms with Gasteiger partial charge in [-0.05, 0) is 39.3 Å². The van der Waals surface area contributed by atoms with Gasteiger partial charge in [-0.1, -0.05) is 29.8 Å². The number of ketones is 1. The Morgan fingerprint density at radius 3 is 2.60 bits per heavy atom. The predicted molar refractivity (Wildman–Crippen MR) is 114 cm³/mol. The van der Waals surface area contributed by atoms with Crippen LogP contribution in [-0.2, 0) is 21.6 Å². The molecule has 3 amide bonds. The maximum atomic E-state index is 13.1. The van der Waals surface area contributed by atoms with Gasteiger partial charge in [-0.2, -0.15) is 0 Å². The largest absolute Gasteiger partial charge is 0.385 e. The van der Waals surface area contributed by atoms with Gasteiger partial charge in [0.15, 0.2) is 5.78 Å². The summed E-state index contributed by atoms with van der Waals surface area (Å²) in [7, 11) is 1.65. The molecule has 0 bridgehead atoms. The van der Waals surface area contributed by atoms with Gasteiger partial charge in [0.25, 0.3) is 5.91 Å². The van der Waals surface area contributed by atoms with Crippen LogP contribution in [0.1, 0.15) is 40.7 Å². The predicted octanol–water partition coefficient (Wildman–Crippen LogP) is 3.44. The maximum Gasteiger partial charge on any atom is 0.325 e. The number of halogens is 1. The smallest absolute Gasteiger partial charge is 0.325 e. The average Bonchev–Trinajstić information content (AvgIpc) is 3.10. The van der Waals surface area contributed by atoms with Crippen molar-refractivity contribution in [2.24, 2.45) is 0 Å². The number of carbonyl (C=O) groups excluding carboxylic acids is 3. The minimum Gasteiger partial charge on any atom is -0.385 e. The van der Waals surface area contributed by atoms with Crippen molar-refractivity contribution in [3.05, 3.63) is 57.9 Å². The Kier molecular flexibility index (Phi) is 6.33. The molecule has 30 heavy (non-hydrogen) atoms. The van der Waals surface area contributed by atoms with Crippen molar-refractivity contribution in [2.75, 3.05) is 20.3 Å². The molecular formula is C22H26ClN3O4. The Bertz CT molecular complexity index is 1000. The summed E-state index contributed by atoms with van der Waals surface area (Å²) in [5.41, 5.74) is 1.46. The fourth-order valence-electron chi connectivity index (χ4n) is 3.91. The summed E-state index contributed by atoms with van der Waals surface area (Å²) in [6.07, 6.45) is 0.823. The second-order valence-electron chi connectivity index (χ2n) is 7.63. The highest BCUT2D eigenvalue weighted by molar-refractivity contribution is 6.32. The van der Waals surface area contributed by atoms with E-state index in [-0.39, 0.29) is 12.3 Å². The number of nitrogens with one attached hydrogen (secondary N) is 1. The summed E-state index contributed by atoms with van der Waals surface area (Å²) in [6.45, 7) is 6.43. The van der Waals surface area contributed by atoms with Crippen molar-refractivity contribution in [3.8, 4) is 0 Å². The van der Waals surface area contributed by atoms with Gasteiger partial charge in [0, 0.05) is 47.8 Å². The monoisotopic (exact) mass is 431 g/mol. The van der Waals surface area contributed by atoms with Crippen molar-refractivity contribution < 1.29 is 19.1 Å². The lowest BCUT2D eigenvalue weighted by Gasteiger charge is -2.23. The van der Waals surface area contributed by atoms with Crippen LogP contribution in [0.3, 0.4) is 0 Å². The molecule has 1 aromatic heterocycles. The maximum absolute atomic E-state index is 13.1. The van der Waals surface area contributed by atoms with Gasteiger partial charge >= 0.3 is 6.03 Å². The van der Waals surface area contributed by atoms with Gasteiger partial charge in [-0.15, -0.1) is 0 Å². The molecule has 2 aromatic rings. The van der Waals surface area contributed by atoms with Crippen molar-refractivity contribution in [3.63, 3.8) is 0 Å². The molecule has 1 N–H and O–H groups in total. The zero-order chi connectivity index (χ0) is 22.1. The zero-order valence-electron chi connectivity index (χ0n) is 17.6. The number of urea groups is 1. The SMILES string of the molecule is COCCCn1c(C)cc(C(=O)CN2C(=O)NC(C)(c3ccccc3Cl)C2=O)c1C. The van der Waals surface area contributed by atoms with Crippen molar-refractivity contribution in [1.29, 1.82) is 0 Å². The van der Waals surface area contributed by atoms with E-state index in [1.807, 2.05) is 18.4 Å². The van der Waals surface area contributed by atoms with E-state index in [0.717, 1.165) is 29.3 Å². The van der Waals surface area contributed by atoms with E-state index in [1.165, 1.54) is 0 Å². The molecule has 0 radical (unpaired) electrons. The highest BCUT2D eigenvalue weighted by Gasteiger charge is 2.50. The summed E-state index contributed by atoms with van der Waals surface area (Å²) >= 11 is 6.25. The summed E-state index contributed by atoms with van der Waals surface area (Å²) < 4.78 is 7.14. The van der Waals surface area contributed by atoms with E-state index >= 15 is 0 Å². The first kappa shape index (κ1) is 22.1. The number of benzene rings is 1. The Morgan fingerprint density at radius 2 is 1.93 bits per heavy atom. The van der Waals surface area contributed by atoms with Crippen LogP contribution < -0.4 is 5.32 Å². The quantitative estimate of drug-likeness (QED) is 0.394. The van der Waals surface area contributed by atoms with Crippen LogP contribution in [0.5, 0.6) is 0 Å². The van der Waals surface area contributed by atoms with E-state index in [2.05, 4.69) is 5.32 Å². The van der Waals surface area contributed by atoms with Gasteiger partial charge in [0.05, 0.1) is 6.54 Å². The number of rotatable bonds is 8. The molecule has 1 unspecified atom stereocenters. The average molecular weight is 432 g/mol. The molecule has 2 heterocycles.